The Balaban J connectivity index is 2.65. The molecule has 0 atom stereocenters. The van der Waals surface area contributed by atoms with Crippen molar-refractivity contribution in [3.8, 4) is 0 Å². The smallest absolute Gasteiger partial charge is 0.300 e. The average molecular weight is 297 g/mol. The molecule has 0 saturated carbocycles. The van der Waals surface area contributed by atoms with Crippen molar-refractivity contribution in [3.05, 3.63) is 27.9 Å². The van der Waals surface area contributed by atoms with Crippen molar-refractivity contribution >= 4 is 23.3 Å². The number of nitrogens with one attached hydrogen (secondary N) is 2. The first kappa shape index (κ1) is 16.3. The lowest BCUT2D eigenvalue weighted by molar-refractivity contribution is -0.385. The van der Waals surface area contributed by atoms with E-state index in [0.717, 1.165) is 12.3 Å². The van der Waals surface area contributed by atoms with Crippen LogP contribution in [0.2, 0.25) is 0 Å². The number of hydrogen-bond acceptors (Lipinski definition) is 7. The molecular weight excluding hydrogens is 282 g/mol. The number of hydrogen-bond donors (Lipinski definition) is 3. The van der Waals surface area contributed by atoms with Gasteiger partial charge in [0.2, 0.25) is 5.91 Å². The number of carbonyl (C=O) groups is 2. The molecule has 0 fully saturated rings. The monoisotopic (exact) mass is 297 g/mol. The van der Waals surface area contributed by atoms with Crippen LogP contribution < -0.4 is 16.4 Å². The van der Waals surface area contributed by atoms with E-state index in [-0.39, 0.29) is 17.9 Å². The van der Waals surface area contributed by atoms with Crippen molar-refractivity contribution < 1.29 is 19.2 Å². The van der Waals surface area contributed by atoms with Crippen LogP contribution in [0.25, 0.3) is 0 Å². The van der Waals surface area contributed by atoms with E-state index < -0.39 is 22.4 Å². The first-order chi connectivity index (χ1) is 9.95. The normalized spacial score (nSPS) is 9.95. The van der Waals surface area contributed by atoms with Crippen molar-refractivity contribution in [2.45, 2.75) is 0 Å². The van der Waals surface area contributed by atoms with Gasteiger partial charge < -0.3 is 21.1 Å². The lowest BCUT2D eigenvalue weighted by atomic mass is 10.2. The second-order valence-corrected chi connectivity index (χ2v) is 3.91. The third-order valence-electron chi connectivity index (χ3n) is 2.38. The predicted molar refractivity (Wildman–Crippen MR) is 72.5 cm³/mol. The highest BCUT2D eigenvalue weighted by atomic mass is 16.6. The lowest BCUT2D eigenvalue weighted by Gasteiger charge is -2.07. The third-order valence-corrected chi connectivity index (χ3v) is 2.38. The number of nitrogen functional groups attached to an aromatic ring is 1. The molecule has 1 aromatic heterocycles. The topological polar surface area (TPSA) is 149 Å². The van der Waals surface area contributed by atoms with E-state index in [4.69, 9.17) is 10.5 Å². The summed E-state index contributed by atoms with van der Waals surface area (Å²) in [5.41, 5.74) is 4.66. The summed E-state index contributed by atoms with van der Waals surface area (Å²) in [5, 5.41) is 15.6. The number of aromatic nitrogens is 1. The van der Waals surface area contributed by atoms with Gasteiger partial charge in [-0.1, -0.05) is 0 Å². The number of rotatable bonds is 7. The molecule has 0 bridgehead atoms. The first-order valence-electron chi connectivity index (χ1n) is 5.89. The molecule has 114 valence electrons. The maximum atomic E-state index is 11.9. The fourth-order valence-electron chi connectivity index (χ4n) is 1.40. The van der Waals surface area contributed by atoms with E-state index in [1.54, 1.807) is 0 Å². The third kappa shape index (κ3) is 5.03. The van der Waals surface area contributed by atoms with Crippen LogP contribution in [0.15, 0.2) is 12.3 Å². The molecule has 0 aliphatic rings. The van der Waals surface area contributed by atoms with Gasteiger partial charge in [0.1, 0.15) is 17.6 Å². The Kier molecular flexibility index (Phi) is 6.01. The summed E-state index contributed by atoms with van der Waals surface area (Å²) < 4.78 is 4.74. The highest BCUT2D eigenvalue weighted by Gasteiger charge is 2.21. The molecule has 1 heterocycles. The molecule has 10 heteroatoms. The quantitative estimate of drug-likeness (QED) is 0.334. The summed E-state index contributed by atoms with van der Waals surface area (Å²) in [6.07, 6.45) is 0.892. The van der Waals surface area contributed by atoms with Gasteiger partial charge in [0.05, 0.1) is 18.1 Å². The Bertz CT molecular complexity index is 548. The van der Waals surface area contributed by atoms with Gasteiger partial charge in [0.15, 0.2) is 0 Å². The highest BCUT2D eigenvalue weighted by Crippen LogP contribution is 2.18. The minimum Gasteiger partial charge on any atom is -0.384 e. The molecule has 4 N–H and O–H groups in total. The molecule has 1 rings (SSSR count). The second kappa shape index (κ2) is 7.75. The van der Waals surface area contributed by atoms with Gasteiger partial charge in [-0.3, -0.25) is 19.7 Å². The number of amides is 2. The van der Waals surface area contributed by atoms with E-state index in [1.807, 2.05) is 0 Å². The zero-order valence-electron chi connectivity index (χ0n) is 11.3. The van der Waals surface area contributed by atoms with Crippen molar-refractivity contribution in [1.29, 1.82) is 0 Å². The summed E-state index contributed by atoms with van der Waals surface area (Å²) in [7, 11) is 1.49. The maximum absolute atomic E-state index is 11.9. The lowest BCUT2D eigenvalue weighted by Crippen LogP contribution is -2.38. The summed E-state index contributed by atoms with van der Waals surface area (Å²) in [5.74, 6) is -1.25. The van der Waals surface area contributed by atoms with Crippen LogP contribution in [0.4, 0.5) is 11.5 Å². The second-order valence-electron chi connectivity index (χ2n) is 3.91. The Morgan fingerprint density at radius 2 is 2.19 bits per heavy atom. The number of pyridine rings is 1. The molecule has 0 aliphatic heterocycles. The van der Waals surface area contributed by atoms with Crippen molar-refractivity contribution in [2.75, 3.05) is 32.5 Å². The van der Waals surface area contributed by atoms with E-state index in [1.165, 1.54) is 7.11 Å². The van der Waals surface area contributed by atoms with Crippen LogP contribution in [0.5, 0.6) is 0 Å². The highest BCUT2D eigenvalue weighted by molar-refractivity contribution is 6.00. The first-order valence-corrected chi connectivity index (χ1v) is 5.89. The summed E-state index contributed by atoms with van der Waals surface area (Å²) in [6, 6.07) is 1.08. The minimum atomic E-state index is -0.780. The molecule has 2 amide bonds. The van der Waals surface area contributed by atoms with E-state index in [9.17, 15) is 19.7 Å². The van der Waals surface area contributed by atoms with Gasteiger partial charge in [0, 0.05) is 13.7 Å². The largest absolute Gasteiger partial charge is 0.384 e. The van der Waals surface area contributed by atoms with Crippen LogP contribution in [0.3, 0.4) is 0 Å². The fourth-order valence-corrected chi connectivity index (χ4v) is 1.40. The Morgan fingerprint density at radius 1 is 1.48 bits per heavy atom. The zero-order valence-corrected chi connectivity index (χ0v) is 11.3. The van der Waals surface area contributed by atoms with Crippen LogP contribution in [0, 0.1) is 10.1 Å². The molecule has 0 aliphatic carbocycles. The summed E-state index contributed by atoms with van der Waals surface area (Å²) >= 11 is 0. The van der Waals surface area contributed by atoms with Gasteiger partial charge in [-0.25, -0.2) is 4.98 Å². The number of anilines is 1. The number of ether oxygens (including phenoxy) is 1. The number of carbonyl (C=O) groups excluding carboxylic acids is 2. The number of nitro groups is 1. The standard InChI is InChI=1S/C11H15N5O5/c1-21-3-2-13-10(17)6-15-11(18)7-4-9(12)14-5-8(7)16(19)20/h4-5H,2-3,6H2,1H3,(H2,12,14)(H,13,17)(H,15,18). The summed E-state index contributed by atoms with van der Waals surface area (Å²) in [6.45, 7) is 0.321. The van der Waals surface area contributed by atoms with Crippen LogP contribution in [-0.4, -0.2) is 48.5 Å². The van der Waals surface area contributed by atoms with Gasteiger partial charge in [-0.15, -0.1) is 0 Å². The molecular formula is C11H15N5O5. The molecule has 0 unspecified atom stereocenters. The SMILES string of the molecule is COCCNC(=O)CNC(=O)c1cc(N)ncc1[N+](=O)[O-]. The van der Waals surface area contributed by atoms with Gasteiger partial charge in [-0.2, -0.15) is 0 Å². The van der Waals surface area contributed by atoms with E-state index in [0.29, 0.717) is 13.2 Å². The van der Waals surface area contributed by atoms with E-state index >= 15 is 0 Å². The van der Waals surface area contributed by atoms with Crippen molar-refractivity contribution in [3.63, 3.8) is 0 Å². The Morgan fingerprint density at radius 3 is 2.81 bits per heavy atom. The van der Waals surface area contributed by atoms with Crippen LogP contribution in [0.1, 0.15) is 10.4 Å². The fraction of sp³-hybridized carbons (Fsp3) is 0.364. The number of nitrogens with zero attached hydrogens (tertiary/aromatic N) is 2. The van der Waals surface area contributed by atoms with Crippen LogP contribution >= 0.6 is 0 Å². The number of methoxy groups -OCH3 is 1. The zero-order chi connectivity index (χ0) is 15.8. The molecule has 0 aromatic carbocycles. The van der Waals surface area contributed by atoms with Crippen molar-refractivity contribution in [1.82, 2.24) is 15.6 Å². The average Bonchev–Trinajstić information content (AvgIpc) is 2.44. The molecule has 0 spiro atoms. The van der Waals surface area contributed by atoms with Gasteiger partial charge in [-0.05, 0) is 6.07 Å². The Labute approximate surface area is 119 Å². The minimum absolute atomic E-state index is 0.0321. The maximum Gasteiger partial charge on any atom is 0.300 e. The number of nitrogens with two attached hydrogens (primary N) is 1. The van der Waals surface area contributed by atoms with Crippen LogP contribution in [-0.2, 0) is 9.53 Å². The van der Waals surface area contributed by atoms with Crippen molar-refractivity contribution in [2.24, 2.45) is 0 Å². The molecule has 0 saturated heterocycles. The molecule has 21 heavy (non-hydrogen) atoms. The van der Waals surface area contributed by atoms with Gasteiger partial charge in [0.25, 0.3) is 11.6 Å². The summed E-state index contributed by atoms with van der Waals surface area (Å²) in [4.78, 5) is 36.8. The molecule has 1 aromatic rings. The molecule has 10 nitrogen and oxygen atoms in total. The predicted octanol–water partition coefficient (Wildman–Crippen LogP) is -0.936. The Hall–Kier alpha value is -2.75. The van der Waals surface area contributed by atoms with E-state index in [2.05, 4.69) is 15.6 Å². The molecule has 0 radical (unpaired) electrons. The van der Waals surface area contributed by atoms with Gasteiger partial charge >= 0.3 is 0 Å².